The molecule has 2 N–H and O–H groups in total. The van der Waals surface area contributed by atoms with Gasteiger partial charge in [-0.1, -0.05) is 36.4 Å². The van der Waals surface area contributed by atoms with E-state index in [1.165, 1.54) is 0 Å². The number of rotatable bonds is 7. The van der Waals surface area contributed by atoms with Crippen LogP contribution in [0.25, 0.3) is 0 Å². The van der Waals surface area contributed by atoms with Crippen LogP contribution in [0.15, 0.2) is 54.6 Å². The van der Waals surface area contributed by atoms with E-state index in [0.29, 0.717) is 25.0 Å². The van der Waals surface area contributed by atoms with Crippen LogP contribution in [-0.2, 0) is 4.79 Å². The van der Waals surface area contributed by atoms with Gasteiger partial charge in [0.25, 0.3) is 5.91 Å². The Bertz CT molecular complexity index is 782. The molecule has 0 saturated carbocycles. The minimum Gasteiger partial charge on any atom is -0.493 e. The number of benzene rings is 2. The van der Waals surface area contributed by atoms with E-state index in [9.17, 15) is 9.59 Å². The summed E-state index contributed by atoms with van der Waals surface area (Å²) in [4.78, 5) is 25.4. The Morgan fingerprint density at radius 1 is 1.15 bits per heavy atom. The monoisotopic (exact) mass is 384 g/mol. The van der Waals surface area contributed by atoms with Crippen molar-refractivity contribution in [3.05, 3.63) is 65.7 Å². The summed E-state index contributed by atoms with van der Waals surface area (Å²) >= 11 is 1.65. The zero-order chi connectivity index (χ0) is 19.1. The maximum absolute atomic E-state index is 12.9. The van der Waals surface area contributed by atoms with Gasteiger partial charge in [-0.05, 0) is 36.6 Å². The number of hydrogen-bond donors (Lipinski definition) is 2. The number of hydrogen-bond acceptors (Lipinski definition) is 4. The molecule has 27 heavy (non-hydrogen) atoms. The molecule has 0 aliphatic carbocycles. The Balaban J connectivity index is 1.69. The molecule has 6 heteroatoms. The van der Waals surface area contributed by atoms with Gasteiger partial charge >= 0.3 is 0 Å². The van der Waals surface area contributed by atoms with Gasteiger partial charge in [-0.25, -0.2) is 0 Å². The van der Waals surface area contributed by atoms with Crippen molar-refractivity contribution >= 4 is 23.6 Å². The van der Waals surface area contributed by atoms with Crippen molar-refractivity contribution < 1.29 is 14.3 Å². The highest BCUT2D eigenvalue weighted by Crippen LogP contribution is 2.31. The number of ether oxygens (including phenoxy) is 1. The van der Waals surface area contributed by atoms with Crippen LogP contribution in [0.5, 0.6) is 5.75 Å². The summed E-state index contributed by atoms with van der Waals surface area (Å²) in [6.07, 6.45) is 3.28. The molecule has 2 amide bonds. The molecule has 2 aromatic rings. The molecule has 142 valence electrons. The van der Waals surface area contributed by atoms with Crippen LogP contribution in [0, 0.1) is 0 Å². The van der Waals surface area contributed by atoms with Gasteiger partial charge in [-0.2, -0.15) is 11.8 Å². The predicted molar refractivity (Wildman–Crippen MR) is 108 cm³/mol. The number of fused-ring (bicyclic) bond motifs is 1. The molecule has 3 rings (SSSR count). The fraction of sp³-hybridized carbons (Fsp3) is 0.333. The molecule has 0 unspecified atom stereocenters. The number of thioether (sulfide) groups is 1. The quantitative estimate of drug-likeness (QED) is 0.769. The van der Waals surface area contributed by atoms with Gasteiger partial charge in [0, 0.05) is 17.5 Å². The zero-order valence-electron chi connectivity index (χ0n) is 15.3. The van der Waals surface area contributed by atoms with Crippen molar-refractivity contribution in [2.45, 2.75) is 24.9 Å². The number of nitrogens with one attached hydrogen (secondary N) is 2. The van der Waals surface area contributed by atoms with Gasteiger partial charge in [-0.3, -0.25) is 9.59 Å². The molecular formula is C21H24N2O3S. The van der Waals surface area contributed by atoms with Crippen LogP contribution in [0.1, 0.15) is 34.8 Å². The van der Waals surface area contributed by atoms with Crippen molar-refractivity contribution in [1.82, 2.24) is 10.6 Å². The largest absolute Gasteiger partial charge is 0.493 e. The van der Waals surface area contributed by atoms with E-state index >= 15 is 0 Å². The third kappa shape index (κ3) is 5.04. The third-order valence-corrected chi connectivity index (χ3v) is 5.19. The summed E-state index contributed by atoms with van der Waals surface area (Å²) in [6, 6.07) is 16.0. The normalized spacial score (nSPS) is 16.6. The Kier molecular flexibility index (Phi) is 6.76. The second-order valence-corrected chi connectivity index (χ2v) is 7.40. The van der Waals surface area contributed by atoms with Gasteiger partial charge in [0.05, 0.1) is 12.6 Å². The van der Waals surface area contributed by atoms with Crippen LogP contribution in [0.2, 0.25) is 0 Å². The van der Waals surface area contributed by atoms with Crippen LogP contribution >= 0.6 is 11.8 Å². The SMILES string of the molecule is CSCC[C@@H](NC(=O)c1ccccc1)C(=O)N[C@H]1CCOc2ccccc21. The van der Waals surface area contributed by atoms with E-state index in [4.69, 9.17) is 4.74 Å². The lowest BCUT2D eigenvalue weighted by Crippen LogP contribution is -2.48. The highest BCUT2D eigenvalue weighted by atomic mass is 32.2. The molecule has 2 aromatic carbocycles. The molecule has 1 heterocycles. The summed E-state index contributed by atoms with van der Waals surface area (Å²) in [7, 11) is 0. The fourth-order valence-corrected chi connectivity index (χ4v) is 3.57. The maximum atomic E-state index is 12.9. The highest BCUT2D eigenvalue weighted by Gasteiger charge is 2.27. The van der Waals surface area contributed by atoms with Crippen molar-refractivity contribution in [2.24, 2.45) is 0 Å². The molecule has 2 atom stereocenters. The standard InChI is InChI=1S/C21H24N2O3S/c1-27-14-12-18(23-20(24)15-7-3-2-4-8-15)21(25)22-17-11-13-26-19-10-6-5-9-16(17)19/h2-10,17-18H,11-14H2,1H3,(H,22,25)(H,23,24)/t17-,18+/m0/s1. The van der Waals surface area contributed by atoms with Crippen LogP contribution in [0.4, 0.5) is 0 Å². The smallest absolute Gasteiger partial charge is 0.251 e. The minimum atomic E-state index is -0.569. The number of carbonyl (C=O) groups excluding carboxylic acids is 2. The zero-order valence-corrected chi connectivity index (χ0v) is 16.1. The Labute approximate surface area is 163 Å². The molecule has 5 nitrogen and oxygen atoms in total. The Morgan fingerprint density at radius 2 is 1.89 bits per heavy atom. The minimum absolute atomic E-state index is 0.104. The number of para-hydroxylation sites is 1. The van der Waals surface area contributed by atoms with Gasteiger partial charge in [0.15, 0.2) is 0 Å². The van der Waals surface area contributed by atoms with Crippen molar-refractivity contribution in [3.63, 3.8) is 0 Å². The number of amides is 2. The topological polar surface area (TPSA) is 67.4 Å². The maximum Gasteiger partial charge on any atom is 0.251 e. The molecular weight excluding hydrogens is 360 g/mol. The summed E-state index contributed by atoms with van der Waals surface area (Å²) in [5.74, 6) is 1.21. The summed E-state index contributed by atoms with van der Waals surface area (Å²) in [6.45, 7) is 0.563. The van der Waals surface area contributed by atoms with Crippen LogP contribution < -0.4 is 15.4 Å². The molecule has 0 aromatic heterocycles. The second-order valence-electron chi connectivity index (χ2n) is 6.41. The lowest BCUT2D eigenvalue weighted by Gasteiger charge is -2.28. The van der Waals surface area contributed by atoms with E-state index in [1.807, 2.05) is 48.7 Å². The van der Waals surface area contributed by atoms with Gasteiger partial charge < -0.3 is 15.4 Å². The second kappa shape index (κ2) is 9.46. The van der Waals surface area contributed by atoms with Crippen LogP contribution in [-0.4, -0.2) is 36.5 Å². The molecule has 1 aliphatic heterocycles. The average molecular weight is 385 g/mol. The van der Waals surface area contributed by atoms with Crippen molar-refractivity contribution in [1.29, 1.82) is 0 Å². The average Bonchev–Trinajstić information content (AvgIpc) is 2.71. The van der Waals surface area contributed by atoms with Gasteiger partial charge in [0.1, 0.15) is 11.8 Å². The number of carbonyl (C=O) groups is 2. The molecule has 1 aliphatic rings. The Morgan fingerprint density at radius 3 is 2.67 bits per heavy atom. The first kappa shape index (κ1) is 19.3. The van der Waals surface area contributed by atoms with Crippen LogP contribution in [0.3, 0.4) is 0 Å². The Hall–Kier alpha value is -2.47. The fourth-order valence-electron chi connectivity index (χ4n) is 3.10. The van der Waals surface area contributed by atoms with Gasteiger partial charge in [0.2, 0.25) is 5.91 Å². The van der Waals surface area contributed by atoms with E-state index in [-0.39, 0.29) is 17.9 Å². The van der Waals surface area contributed by atoms with E-state index in [2.05, 4.69) is 10.6 Å². The molecule has 0 bridgehead atoms. The van der Waals surface area contributed by atoms with Gasteiger partial charge in [-0.15, -0.1) is 0 Å². The summed E-state index contributed by atoms with van der Waals surface area (Å²) < 4.78 is 5.66. The summed E-state index contributed by atoms with van der Waals surface area (Å²) in [5.41, 5.74) is 1.53. The summed E-state index contributed by atoms with van der Waals surface area (Å²) in [5, 5.41) is 5.98. The molecule has 0 saturated heterocycles. The lowest BCUT2D eigenvalue weighted by atomic mass is 10.00. The first-order valence-electron chi connectivity index (χ1n) is 9.06. The van der Waals surface area contributed by atoms with Crippen molar-refractivity contribution in [3.8, 4) is 5.75 Å². The van der Waals surface area contributed by atoms with E-state index < -0.39 is 6.04 Å². The molecule has 0 fully saturated rings. The van der Waals surface area contributed by atoms with E-state index in [0.717, 1.165) is 17.1 Å². The van der Waals surface area contributed by atoms with Crippen molar-refractivity contribution in [2.75, 3.05) is 18.6 Å². The molecule has 0 radical (unpaired) electrons. The lowest BCUT2D eigenvalue weighted by molar-refractivity contribution is -0.124. The first-order chi connectivity index (χ1) is 13.2. The van der Waals surface area contributed by atoms with E-state index in [1.54, 1.807) is 23.9 Å². The first-order valence-corrected chi connectivity index (χ1v) is 10.5. The molecule has 0 spiro atoms. The highest BCUT2D eigenvalue weighted by molar-refractivity contribution is 7.98. The third-order valence-electron chi connectivity index (χ3n) is 4.54. The predicted octanol–water partition coefficient (Wildman–Crippen LogP) is 3.18.